The largest absolute Gasteiger partial charge is 0.379 e. The van der Waals surface area contributed by atoms with E-state index < -0.39 is 0 Å². The Morgan fingerprint density at radius 1 is 1.34 bits per heavy atom. The molecule has 7 heteroatoms. The second-order valence-corrected chi connectivity index (χ2v) is 8.51. The van der Waals surface area contributed by atoms with E-state index in [1.807, 2.05) is 31.2 Å². The number of ether oxygens (including phenoxy) is 1. The Hall–Kier alpha value is -1.96. The van der Waals surface area contributed by atoms with Crippen molar-refractivity contribution in [3.8, 4) is 0 Å². The zero-order valence-electron chi connectivity index (χ0n) is 17.7. The van der Waals surface area contributed by atoms with Gasteiger partial charge in [0.1, 0.15) is 0 Å². The van der Waals surface area contributed by atoms with Crippen LogP contribution in [0, 0.1) is 12.8 Å². The Labute approximate surface area is 178 Å². The molecule has 0 radical (unpaired) electrons. The first-order valence-electron chi connectivity index (χ1n) is 10.4. The second kappa shape index (κ2) is 10.2. The average molecular weight is 417 g/mol. The highest BCUT2D eigenvalue weighted by Crippen LogP contribution is 2.16. The Morgan fingerprint density at radius 2 is 2.10 bits per heavy atom. The number of para-hydroxylation sites is 1. The number of aromatic amines is 1. The molecule has 0 atom stereocenters. The van der Waals surface area contributed by atoms with Crippen LogP contribution < -0.4 is 10.9 Å². The first kappa shape index (κ1) is 21.7. The summed E-state index contributed by atoms with van der Waals surface area (Å²) in [6.07, 6.45) is 0. The van der Waals surface area contributed by atoms with Gasteiger partial charge in [-0.25, -0.2) is 0 Å². The third kappa shape index (κ3) is 6.01. The van der Waals surface area contributed by atoms with E-state index in [0.29, 0.717) is 17.6 Å². The quantitative estimate of drug-likeness (QED) is 0.677. The summed E-state index contributed by atoms with van der Waals surface area (Å²) in [5.74, 6) is 0.501. The van der Waals surface area contributed by atoms with Gasteiger partial charge in [-0.1, -0.05) is 32.0 Å². The monoisotopic (exact) mass is 416 g/mol. The van der Waals surface area contributed by atoms with Crippen molar-refractivity contribution in [3.05, 3.63) is 45.7 Å². The van der Waals surface area contributed by atoms with Crippen LogP contribution in [0.15, 0.2) is 29.1 Å². The van der Waals surface area contributed by atoms with Crippen LogP contribution in [0.3, 0.4) is 0 Å². The lowest BCUT2D eigenvalue weighted by Crippen LogP contribution is -2.46. The molecule has 0 spiro atoms. The maximum atomic E-state index is 12.7. The lowest BCUT2D eigenvalue weighted by Gasteiger charge is -2.31. The van der Waals surface area contributed by atoms with Crippen LogP contribution in [0.2, 0.25) is 0 Å². The molecule has 0 bridgehead atoms. The molecule has 1 fully saturated rings. The summed E-state index contributed by atoms with van der Waals surface area (Å²) in [4.78, 5) is 20.3. The summed E-state index contributed by atoms with van der Waals surface area (Å²) in [6, 6.07) is 8.06. The minimum absolute atomic E-state index is 0.0465. The summed E-state index contributed by atoms with van der Waals surface area (Å²) in [7, 11) is 0. The molecular formula is C22H32N4O2S. The molecule has 1 aliphatic rings. The van der Waals surface area contributed by atoms with Gasteiger partial charge in [-0.15, -0.1) is 0 Å². The van der Waals surface area contributed by atoms with Gasteiger partial charge in [0.15, 0.2) is 5.11 Å². The van der Waals surface area contributed by atoms with Crippen molar-refractivity contribution in [2.24, 2.45) is 5.92 Å². The van der Waals surface area contributed by atoms with E-state index in [2.05, 4.69) is 33.9 Å². The third-order valence-corrected chi connectivity index (χ3v) is 5.67. The number of H-pyrrole nitrogens is 1. The number of hydrogen-bond donors (Lipinski definition) is 2. The minimum atomic E-state index is -0.0465. The van der Waals surface area contributed by atoms with Gasteiger partial charge in [-0.2, -0.15) is 0 Å². The normalized spacial score (nSPS) is 15.0. The van der Waals surface area contributed by atoms with Crippen molar-refractivity contribution < 1.29 is 4.74 Å². The Morgan fingerprint density at radius 3 is 2.83 bits per heavy atom. The molecule has 0 aliphatic carbocycles. The van der Waals surface area contributed by atoms with Gasteiger partial charge in [-0.05, 0) is 42.1 Å². The number of fused-ring (bicyclic) bond motifs is 1. The van der Waals surface area contributed by atoms with Crippen LogP contribution in [0.5, 0.6) is 0 Å². The molecule has 1 aliphatic heterocycles. The number of nitrogens with zero attached hydrogens (tertiary/aromatic N) is 2. The zero-order valence-corrected chi connectivity index (χ0v) is 18.5. The standard InChI is InChI=1S/C22H32N4O2S/c1-16(2)14-23-22(29)26(8-7-25-9-11-28-12-10-25)15-19-13-18-6-4-5-17(3)20(18)24-21(19)27/h4-6,13,16H,7-12,14-15H2,1-3H3,(H,23,29)(H,24,27). The highest BCUT2D eigenvalue weighted by molar-refractivity contribution is 7.80. The van der Waals surface area contributed by atoms with E-state index in [0.717, 1.165) is 68.0 Å². The van der Waals surface area contributed by atoms with Crippen molar-refractivity contribution in [3.63, 3.8) is 0 Å². The maximum Gasteiger partial charge on any atom is 0.253 e. The molecule has 158 valence electrons. The predicted octanol–water partition coefficient (Wildman–Crippen LogP) is 2.50. The summed E-state index contributed by atoms with van der Waals surface area (Å²) in [5.41, 5.74) is 2.67. The summed E-state index contributed by atoms with van der Waals surface area (Å²) >= 11 is 5.68. The number of morpholine rings is 1. The summed E-state index contributed by atoms with van der Waals surface area (Å²) in [5, 5.41) is 5.11. The first-order chi connectivity index (χ1) is 13.9. The first-order valence-corrected chi connectivity index (χ1v) is 10.8. The third-order valence-electron chi connectivity index (χ3n) is 5.26. The van der Waals surface area contributed by atoms with Crippen molar-refractivity contribution in [2.75, 3.05) is 45.9 Å². The Kier molecular flexibility index (Phi) is 7.64. The van der Waals surface area contributed by atoms with E-state index in [9.17, 15) is 4.79 Å². The molecule has 1 aromatic carbocycles. The second-order valence-electron chi connectivity index (χ2n) is 8.12. The van der Waals surface area contributed by atoms with E-state index in [4.69, 9.17) is 17.0 Å². The van der Waals surface area contributed by atoms with Crippen LogP contribution in [-0.4, -0.2) is 65.8 Å². The Balaban J connectivity index is 1.77. The fraction of sp³-hybridized carbons (Fsp3) is 0.545. The average Bonchev–Trinajstić information content (AvgIpc) is 2.71. The zero-order chi connectivity index (χ0) is 20.8. The molecule has 0 amide bonds. The van der Waals surface area contributed by atoms with E-state index in [1.165, 1.54) is 0 Å². The minimum Gasteiger partial charge on any atom is -0.379 e. The number of aromatic nitrogens is 1. The molecule has 2 aromatic rings. The smallest absolute Gasteiger partial charge is 0.253 e. The summed E-state index contributed by atoms with van der Waals surface area (Å²) in [6.45, 7) is 12.7. The molecule has 6 nitrogen and oxygen atoms in total. The molecule has 1 saturated heterocycles. The molecule has 3 rings (SSSR count). The van der Waals surface area contributed by atoms with E-state index in [1.54, 1.807) is 0 Å². The molecule has 2 N–H and O–H groups in total. The van der Waals surface area contributed by atoms with Crippen molar-refractivity contribution in [2.45, 2.75) is 27.3 Å². The van der Waals surface area contributed by atoms with Crippen LogP contribution >= 0.6 is 12.2 Å². The fourth-order valence-corrected chi connectivity index (χ4v) is 3.73. The highest BCUT2D eigenvalue weighted by Gasteiger charge is 2.17. The lowest BCUT2D eigenvalue weighted by atomic mass is 10.1. The molecule has 1 aromatic heterocycles. The van der Waals surface area contributed by atoms with Crippen molar-refractivity contribution >= 4 is 28.2 Å². The number of hydrogen-bond acceptors (Lipinski definition) is 4. The SMILES string of the molecule is Cc1cccc2cc(CN(CCN3CCOCC3)C(=S)NCC(C)C)c(=O)[nH]c12. The van der Waals surface area contributed by atoms with Gasteiger partial charge >= 0.3 is 0 Å². The van der Waals surface area contributed by atoms with Gasteiger partial charge in [0.2, 0.25) is 0 Å². The van der Waals surface area contributed by atoms with Gasteiger partial charge in [-0.3, -0.25) is 9.69 Å². The maximum absolute atomic E-state index is 12.7. The Bertz CT molecular complexity index is 890. The lowest BCUT2D eigenvalue weighted by molar-refractivity contribution is 0.0357. The van der Waals surface area contributed by atoms with E-state index in [-0.39, 0.29) is 5.56 Å². The number of thiocarbonyl (C=S) groups is 1. The van der Waals surface area contributed by atoms with E-state index >= 15 is 0 Å². The highest BCUT2D eigenvalue weighted by atomic mass is 32.1. The number of aryl methyl sites for hydroxylation is 1. The number of nitrogens with one attached hydrogen (secondary N) is 2. The molecule has 0 saturated carbocycles. The number of pyridine rings is 1. The topological polar surface area (TPSA) is 60.6 Å². The molecule has 29 heavy (non-hydrogen) atoms. The molecule has 2 heterocycles. The number of benzene rings is 1. The molecular weight excluding hydrogens is 384 g/mol. The van der Waals surface area contributed by atoms with Crippen LogP contribution in [-0.2, 0) is 11.3 Å². The van der Waals surface area contributed by atoms with Gasteiger partial charge in [0.25, 0.3) is 5.56 Å². The van der Waals surface area contributed by atoms with Gasteiger partial charge in [0, 0.05) is 38.3 Å². The fourth-order valence-electron chi connectivity index (χ4n) is 3.49. The van der Waals surface area contributed by atoms with Crippen molar-refractivity contribution in [1.29, 1.82) is 0 Å². The van der Waals surface area contributed by atoms with Crippen LogP contribution in [0.25, 0.3) is 10.9 Å². The predicted molar refractivity (Wildman–Crippen MR) is 122 cm³/mol. The van der Waals surface area contributed by atoms with Crippen LogP contribution in [0.4, 0.5) is 0 Å². The number of rotatable bonds is 7. The van der Waals surface area contributed by atoms with Crippen LogP contribution in [0.1, 0.15) is 25.0 Å². The molecule has 0 unspecified atom stereocenters. The van der Waals surface area contributed by atoms with Gasteiger partial charge < -0.3 is 19.9 Å². The van der Waals surface area contributed by atoms with Crippen molar-refractivity contribution in [1.82, 2.24) is 20.1 Å². The van der Waals surface area contributed by atoms with Gasteiger partial charge in [0.05, 0.1) is 25.3 Å². The summed E-state index contributed by atoms with van der Waals surface area (Å²) < 4.78 is 5.44.